The maximum atomic E-state index is 11.4. The van der Waals surface area contributed by atoms with Gasteiger partial charge in [0.1, 0.15) is 0 Å². The lowest BCUT2D eigenvalue weighted by Gasteiger charge is -2.26. The normalized spacial score (nSPS) is 11.8. The van der Waals surface area contributed by atoms with Crippen LogP contribution in [-0.2, 0) is 6.54 Å². The molecule has 0 radical (unpaired) electrons. The molecule has 0 saturated heterocycles. The van der Waals surface area contributed by atoms with Crippen molar-refractivity contribution in [3.05, 3.63) is 66.0 Å². The van der Waals surface area contributed by atoms with Gasteiger partial charge in [0.05, 0.1) is 12.6 Å². The third-order valence-corrected chi connectivity index (χ3v) is 3.07. The zero-order valence-corrected chi connectivity index (χ0v) is 10.7. The summed E-state index contributed by atoms with van der Waals surface area (Å²) in [5.74, 6) is 0. The van der Waals surface area contributed by atoms with E-state index in [9.17, 15) is 9.90 Å². The molecule has 0 unspecified atom stereocenters. The Bertz CT molecular complexity index is 528. The largest absolute Gasteiger partial charge is 0.465 e. The first kappa shape index (κ1) is 13.1. The van der Waals surface area contributed by atoms with E-state index in [1.165, 1.54) is 4.90 Å². The molecule has 2 aromatic rings. The maximum Gasteiger partial charge on any atom is 0.408 e. The van der Waals surface area contributed by atoms with Gasteiger partial charge in [-0.2, -0.15) is 0 Å². The predicted molar refractivity (Wildman–Crippen MR) is 72.7 cm³/mol. The van der Waals surface area contributed by atoms with E-state index in [1.54, 1.807) is 12.4 Å². The lowest BCUT2D eigenvalue weighted by atomic mass is 10.1. The monoisotopic (exact) mass is 256 g/mol. The summed E-state index contributed by atoms with van der Waals surface area (Å²) in [6.45, 7) is 2.22. The molecular formula is C15H16N2O2. The van der Waals surface area contributed by atoms with Gasteiger partial charge in [-0.15, -0.1) is 0 Å². The standard InChI is InChI=1S/C15H16N2O2/c1-12(14-7-3-2-4-8-14)17(15(18)19)11-13-6-5-9-16-10-13/h2-10,12H,11H2,1H3,(H,18,19)/t12-/m1/s1. The summed E-state index contributed by atoms with van der Waals surface area (Å²) in [5.41, 5.74) is 1.86. The highest BCUT2D eigenvalue weighted by Gasteiger charge is 2.20. The van der Waals surface area contributed by atoms with Crippen molar-refractivity contribution >= 4 is 6.09 Å². The summed E-state index contributed by atoms with van der Waals surface area (Å²) in [6.07, 6.45) is 2.43. The maximum absolute atomic E-state index is 11.4. The summed E-state index contributed by atoms with van der Waals surface area (Å²) in [7, 11) is 0. The molecule has 0 aliphatic rings. The molecule has 1 atom stereocenters. The number of hydrogen-bond donors (Lipinski definition) is 1. The fraction of sp³-hybridized carbons (Fsp3) is 0.200. The fourth-order valence-corrected chi connectivity index (χ4v) is 1.97. The van der Waals surface area contributed by atoms with Crippen molar-refractivity contribution in [1.82, 2.24) is 9.88 Å². The number of aromatic nitrogens is 1. The number of carbonyl (C=O) groups is 1. The van der Waals surface area contributed by atoms with E-state index in [-0.39, 0.29) is 6.04 Å². The number of nitrogens with zero attached hydrogens (tertiary/aromatic N) is 2. The van der Waals surface area contributed by atoms with Crippen molar-refractivity contribution < 1.29 is 9.90 Å². The average molecular weight is 256 g/mol. The van der Waals surface area contributed by atoms with Crippen LogP contribution in [0.5, 0.6) is 0 Å². The van der Waals surface area contributed by atoms with Gasteiger partial charge in [-0.3, -0.25) is 9.88 Å². The minimum Gasteiger partial charge on any atom is -0.465 e. The topological polar surface area (TPSA) is 53.4 Å². The number of hydrogen-bond acceptors (Lipinski definition) is 2. The smallest absolute Gasteiger partial charge is 0.408 e. The van der Waals surface area contributed by atoms with E-state index >= 15 is 0 Å². The summed E-state index contributed by atoms with van der Waals surface area (Å²) in [5, 5.41) is 9.37. The first-order chi connectivity index (χ1) is 9.18. The fourth-order valence-electron chi connectivity index (χ4n) is 1.97. The van der Waals surface area contributed by atoms with Gasteiger partial charge in [0.25, 0.3) is 0 Å². The van der Waals surface area contributed by atoms with E-state index in [2.05, 4.69) is 4.98 Å². The average Bonchev–Trinajstić information content (AvgIpc) is 2.46. The van der Waals surface area contributed by atoms with Crippen molar-refractivity contribution in [3.63, 3.8) is 0 Å². The molecule has 0 saturated carbocycles. The molecule has 1 amide bonds. The molecule has 1 heterocycles. The molecule has 4 nitrogen and oxygen atoms in total. The quantitative estimate of drug-likeness (QED) is 0.912. The second kappa shape index (κ2) is 6.00. The highest BCUT2D eigenvalue weighted by Crippen LogP contribution is 2.22. The minimum absolute atomic E-state index is 0.195. The highest BCUT2D eigenvalue weighted by molar-refractivity contribution is 5.65. The molecule has 19 heavy (non-hydrogen) atoms. The van der Waals surface area contributed by atoms with Crippen molar-refractivity contribution in [3.8, 4) is 0 Å². The molecule has 2 rings (SSSR count). The molecule has 0 aliphatic carbocycles. The Morgan fingerprint density at radius 1 is 1.26 bits per heavy atom. The molecule has 1 aromatic carbocycles. The zero-order valence-electron chi connectivity index (χ0n) is 10.7. The predicted octanol–water partition coefficient (Wildman–Crippen LogP) is 3.32. The summed E-state index contributed by atoms with van der Waals surface area (Å²) in [6, 6.07) is 13.1. The van der Waals surface area contributed by atoms with Gasteiger partial charge in [0.2, 0.25) is 0 Å². The Kier molecular flexibility index (Phi) is 4.13. The van der Waals surface area contributed by atoms with E-state index < -0.39 is 6.09 Å². The molecule has 1 aromatic heterocycles. The molecule has 4 heteroatoms. The Morgan fingerprint density at radius 3 is 2.58 bits per heavy atom. The number of benzene rings is 1. The summed E-state index contributed by atoms with van der Waals surface area (Å²) >= 11 is 0. The van der Waals surface area contributed by atoms with Crippen LogP contribution in [0.2, 0.25) is 0 Å². The van der Waals surface area contributed by atoms with Crippen LogP contribution in [0.15, 0.2) is 54.9 Å². The molecule has 0 aliphatic heterocycles. The lowest BCUT2D eigenvalue weighted by molar-refractivity contribution is 0.124. The molecule has 0 spiro atoms. The van der Waals surface area contributed by atoms with Crippen LogP contribution in [0.1, 0.15) is 24.1 Å². The van der Waals surface area contributed by atoms with Crippen LogP contribution in [-0.4, -0.2) is 21.1 Å². The van der Waals surface area contributed by atoms with Crippen LogP contribution in [0.3, 0.4) is 0 Å². The van der Waals surface area contributed by atoms with E-state index in [0.29, 0.717) is 6.54 Å². The van der Waals surface area contributed by atoms with Crippen LogP contribution in [0.25, 0.3) is 0 Å². The van der Waals surface area contributed by atoms with Crippen molar-refractivity contribution in [2.45, 2.75) is 19.5 Å². The van der Waals surface area contributed by atoms with Crippen molar-refractivity contribution in [2.75, 3.05) is 0 Å². The molecule has 0 fully saturated rings. The van der Waals surface area contributed by atoms with E-state index in [1.807, 2.05) is 49.4 Å². The van der Waals surface area contributed by atoms with E-state index in [4.69, 9.17) is 0 Å². The Hall–Kier alpha value is -2.36. The van der Waals surface area contributed by atoms with Gasteiger partial charge in [-0.25, -0.2) is 4.79 Å². The van der Waals surface area contributed by atoms with Gasteiger partial charge in [0.15, 0.2) is 0 Å². The van der Waals surface area contributed by atoms with E-state index in [0.717, 1.165) is 11.1 Å². The van der Waals surface area contributed by atoms with Crippen molar-refractivity contribution in [1.29, 1.82) is 0 Å². The Balaban J connectivity index is 2.19. The van der Waals surface area contributed by atoms with Gasteiger partial charge >= 0.3 is 6.09 Å². The third kappa shape index (κ3) is 3.31. The van der Waals surface area contributed by atoms with Gasteiger partial charge < -0.3 is 5.11 Å². The molecule has 1 N–H and O–H groups in total. The zero-order chi connectivity index (χ0) is 13.7. The number of pyridine rings is 1. The lowest BCUT2D eigenvalue weighted by Crippen LogP contribution is -2.31. The summed E-state index contributed by atoms with van der Waals surface area (Å²) < 4.78 is 0. The second-order valence-electron chi connectivity index (χ2n) is 4.36. The molecule has 0 bridgehead atoms. The van der Waals surface area contributed by atoms with Crippen LogP contribution < -0.4 is 0 Å². The van der Waals surface area contributed by atoms with Crippen LogP contribution in [0, 0.1) is 0 Å². The third-order valence-electron chi connectivity index (χ3n) is 3.07. The number of carboxylic acid groups (broad SMARTS) is 1. The summed E-state index contributed by atoms with van der Waals surface area (Å²) in [4.78, 5) is 16.8. The van der Waals surface area contributed by atoms with Gasteiger partial charge in [-0.1, -0.05) is 36.4 Å². The van der Waals surface area contributed by atoms with Gasteiger partial charge in [-0.05, 0) is 24.1 Å². The highest BCUT2D eigenvalue weighted by atomic mass is 16.4. The first-order valence-corrected chi connectivity index (χ1v) is 6.12. The van der Waals surface area contributed by atoms with Crippen LogP contribution in [0.4, 0.5) is 4.79 Å². The van der Waals surface area contributed by atoms with Gasteiger partial charge in [0, 0.05) is 12.4 Å². The second-order valence-corrected chi connectivity index (χ2v) is 4.36. The Morgan fingerprint density at radius 2 is 2.00 bits per heavy atom. The SMILES string of the molecule is C[C@H](c1ccccc1)N(Cc1cccnc1)C(=O)O. The first-order valence-electron chi connectivity index (χ1n) is 6.12. The Labute approximate surface area is 112 Å². The molecular weight excluding hydrogens is 240 g/mol. The minimum atomic E-state index is -0.930. The van der Waals surface area contributed by atoms with Crippen molar-refractivity contribution in [2.24, 2.45) is 0 Å². The number of rotatable bonds is 4. The van der Waals surface area contributed by atoms with Crippen LogP contribution >= 0.6 is 0 Å². The number of amides is 1. The molecule has 98 valence electrons.